The fraction of sp³-hybridized carbons (Fsp3) is 0.600. The normalized spacial score (nSPS) is 23.1. The highest BCUT2D eigenvalue weighted by Crippen LogP contribution is 2.24. The molecule has 0 bridgehead atoms. The molecule has 1 saturated carbocycles. The van der Waals surface area contributed by atoms with E-state index < -0.39 is 0 Å². The molecule has 3 heteroatoms. The van der Waals surface area contributed by atoms with Crippen molar-refractivity contribution in [1.29, 1.82) is 0 Å². The summed E-state index contributed by atoms with van der Waals surface area (Å²) in [5.74, 6) is 0. The molecule has 2 nitrogen and oxygen atoms in total. The lowest BCUT2D eigenvalue weighted by Crippen LogP contribution is -2.46. The Hall–Kier alpha value is -0.570. The van der Waals surface area contributed by atoms with E-state index in [1.54, 1.807) is 0 Å². The van der Waals surface area contributed by atoms with Gasteiger partial charge in [0.15, 0.2) is 0 Å². The molecular weight excluding hydrogens is 246 g/mol. The highest BCUT2D eigenvalue weighted by Gasteiger charge is 2.29. The molecule has 0 aliphatic heterocycles. The Balaban J connectivity index is 1.60. The molecule has 1 aliphatic rings. The topological polar surface area (TPSA) is 21.3 Å². The van der Waals surface area contributed by atoms with Crippen LogP contribution in [0.1, 0.15) is 32.3 Å². The average Bonchev–Trinajstić information content (AvgIpc) is 2.25. The van der Waals surface area contributed by atoms with Crippen LogP contribution in [0, 0.1) is 0 Å². The van der Waals surface area contributed by atoms with Crippen LogP contribution in [0.25, 0.3) is 0 Å². The van der Waals surface area contributed by atoms with E-state index >= 15 is 0 Å². The predicted octanol–water partition coefficient (Wildman–Crippen LogP) is 3.43. The zero-order chi connectivity index (χ0) is 13.0. The van der Waals surface area contributed by atoms with E-state index in [9.17, 15) is 0 Å². The third kappa shape index (κ3) is 4.27. The molecule has 0 unspecified atom stereocenters. The van der Waals surface area contributed by atoms with Gasteiger partial charge in [-0.3, -0.25) is 0 Å². The standard InChI is InChI=1S/C15H22ClNO/c1-11(2)18-15-9-14(10-15)17-7-6-12-4-3-5-13(16)8-12/h3-5,8,11,14-15,17H,6-7,9-10H2,1-2H3. The fourth-order valence-corrected chi connectivity index (χ4v) is 2.55. The summed E-state index contributed by atoms with van der Waals surface area (Å²) in [4.78, 5) is 0. The van der Waals surface area contributed by atoms with Gasteiger partial charge >= 0.3 is 0 Å². The van der Waals surface area contributed by atoms with Gasteiger partial charge in [-0.15, -0.1) is 0 Å². The number of ether oxygens (including phenoxy) is 1. The highest BCUT2D eigenvalue weighted by atomic mass is 35.5. The first kappa shape index (κ1) is 13.9. The van der Waals surface area contributed by atoms with Gasteiger partial charge in [-0.2, -0.15) is 0 Å². The van der Waals surface area contributed by atoms with Crippen LogP contribution < -0.4 is 5.32 Å². The fourth-order valence-electron chi connectivity index (χ4n) is 2.34. The SMILES string of the molecule is CC(C)OC1CC(NCCc2cccc(Cl)c2)C1. The van der Waals surface area contributed by atoms with Gasteiger partial charge in [0.05, 0.1) is 12.2 Å². The van der Waals surface area contributed by atoms with Crippen molar-refractivity contribution in [3.05, 3.63) is 34.9 Å². The van der Waals surface area contributed by atoms with Gasteiger partial charge < -0.3 is 10.1 Å². The molecule has 0 heterocycles. The number of hydrogen-bond acceptors (Lipinski definition) is 2. The summed E-state index contributed by atoms with van der Waals surface area (Å²) in [5.41, 5.74) is 1.30. The van der Waals surface area contributed by atoms with Crippen molar-refractivity contribution in [2.24, 2.45) is 0 Å². The van der Waals surface area contributed by atoms with Gasteiger partial charge in [0.25, 0.3) is 0 Å². The molecule has 0 spiro atoms. The minimum Gasteiger partial charge on any atom is -0.375 e. The first-order chi connectivity index (χ1) is 8.63. The van der Waals surface area contributed by atoms with Crippen LogP contribution in [-0.2, 0) is 11.2 Å². The Kier molecular flexibility index (Phi) is 5.04. The van der Waals surface area contributed by atoms with Crippen molar-refractivity contribution < 1.29 is 4.74 Å². The van der Waals surface area contributed by atoms with Crippen molar-refractivity contribution in [3.8, 4) is 0 Å². The molecule has 18 heavy (non-hydrogen) atoms. The monoisotopic (exact) mass is 267 g/mol. The predicted molar refractivity (Wildman–Crippen MR) is 76.2 cm³/mol. The Morgan fingerprint density at radius 2 is 2.17 bits per heavy atom. The lowest BCUT2D eigenvalue weighted by Gasteiger charge is -2.37. The van der Waals surface area contributed by atoms with Crippen LogP contribution in [0.4, 0.5) is 0 Å². The van der Waals surface area contributed by atoms with Crippen molar-refractivity contribution in [3.63, 3.8) is 0 Å². The van der Waals surface area contributed by atoms with Crippen molar-refractivity contribution in [2.45, 2.75) is 51.4 Å². The lowest BCUT2D eigenvalue weighted by molar-refractivity contribution is -0.0495. The second-order valence-corrected chi connectivity index (χ2v) is 5.75. The van der Waals surface area contributed by atoms with E-state index in [-0.39, 0.29) is 0 Å². The lowest BCUT2D eigenvalue weighted by atomic mass is 9.89. The van der Waals surface area contributed by atoms with Gasteiger partial charge in [-0.25, -0.2) is 0 Å². The molecule has 0 atom stereocenters. The summed E-state index contributed by atoms with van der Waals surface area (Å²) >= 11 is 5.96. The van der Waals surface area contributed by atoms with Crippen LogP contribution in [0.3, 0.4) is 0 Å². The van der Waals surface area contributed by atoms with Crippen LogP contribution in [0.5, 0.6) is 0 Å². The number of hydrogen-bond donors (Lipinski definition) is 1. The summed E-state index contributed by atoms with van der Waals surface area (Å²) in [6, 6.07) is 8.72. The molecule has 2 rings (SSSR count). The second kappa shape index (κ2) is 6.55. The van der Waals surface area contributed by atoms with Gasteiger partial charge in [-0.05, 0) is 57.4 Å². The average molecular weight is 268 g/mol. The van der Waals surface area contributed by atoms with Gasteiger partial charge in [0.1, 0.15) is 0 Å². The van der Waals surface area contributed by atoms with E-state index in [4.69, 9.17) is 16.3 Å². The zero-order valence-electron chi connectivity index (χ0n) is 11.2. The van der Waals surface area contributed by atoms with Crippen molar-refractivity contribution in [2.75, 3.05) is 6.54 Å². The molecule has 1 aromatic carbocycles. The molecule has 100 valence electrons. The molecule has 0 amide bonds. The van der Waals surface area contributed by atoms with Gasteiger partial charge in [0, 0.05) is 11.1 Å². The zero-order valence-corrected chi connectivity index (χ0v) is 11.9. The maximum atomic E-state index is 5.96. The number of nitrogens with one attached hydrogen (secondary N) is 1. The maximum absolute atomic E-state index is 5.96. The van der Waals surface area contributed by atoms with Crippen LogP contribution in [0.15, 0.2) is 24.3 Å². The van der Waals surface area contributed by atoms with E-state index in [1.165, 1.54) is 5.56 Å². The minimum atomic E-state index is 0.349. The largest absolute Gasteiger partial charge is 0.375 e. The Morgan fingerprint density at radius 3 is 2.83 bits per heavy atom. The molecule has 1 fully saturated rings. The maximum Gasteiger partial charge on any atom is 0.0608 e. The molecule has 1 N–H and O–H groups in total. The third-order valence-corrected chi connectivity index (χ3v) is 3.53. The highest BCUT2D eigenvalue weighted by molar-refractivity contribution is 6.30. The summed E-state index contributed by atoms with van der Waals surface area (Å²) in [6.07, 6.45) is 4.14. The number of rotatable bonds is 6. The molecule has 0 saturated heterocycles. The van der Waals surface area contributed by atoms with E-state index in [1.807, 2.05) is 18.2 Å². The van der Waals surface area contributed by atoms with Crippen molar-refractivity contribution >= 4 is 11.6 Å². The van der Waals surface area contributed by atoms with E-state index in [0.717, 1.165) is 30.8 Å². The van der Waals surface area contributed by atoms with E-state index in [0.29, 0.717) is 18.2 Å². The first-order valence-corrected chi connectivity index (χ1v) is 7.14. The molecular formula is C15H22ClNO. The van der Waals surface area contributed by atoms with E-state index in [2.05, 4.69) is 25.2 Å². The summed E-state index contributed by atoms with van der Waals surface area (Å²) in [5, 5.41) is 4.39. The third-order valence-electron chi connectivity index (χ3n) is 3.30. The quantitative estimate of drug-likeness (QED) is 0.853. The number of halogens is 1. The molecule has 0 radical (unpaired) electrons. The summed E-state index contributed by atoms with van der Waals surface area (Å²) < 4.78 is 5.74. The smallest absolute Gasteiger partial charge is 0.0608 e. The van der Waals surface area contributed by atoms with Gasteiger partial charge in [0.2, 0.25) is 0 Å². The molecule has 1 aliphatic carbocycles. The molecule has 1 aromatic rings. The van der Waals surface area contributed by atoms with Crippen molar-refractivity contribution in [1.82, 2.24) is 5.32 Å². The second-order valence-electron chi connectivity index (χ2n) is 5.31. The van der Waals surface area contributed by atoms with Crippen LogP contribution in [-0.4, -0.2) is 24.8 Å². The minimum absolute atomic E-state index is 0.349. The molecule has 0 aromatic heterocycles. The summed E-state index contributed by atoms with van der Waals surface area (Å²) in [7, 11) is 0. The van der Waals surface area contributed by atoms with Crippen LogP contribution in [0.2, 0.25) is 5.02 Å². The number of benzene rings is 1. The van der Waals surface area contributed by atoms with Crippen LogP contribution >= 0.6 is 11.6 Å². The Morgan fingerprint density at radius 1 is 1.39 bits per heavy atom. The Bertz CT molecular complexity index is 375. The summed E-state index contributed by atoms with van der Waals surface area (Å²) in [6.45, 7) is 5.21. The first-order valence-electron chi connectivity index (χ1n) is 6.77. The Labute approximate surface area is 115 Å². The van der Waals surface area contributed by atoms with Gasteiger partial charge in [-0.1, -0.05) is 23.7 Å².